The lowest BCUT2D eigenvalue weighted by atomic mass is 10.1. The molecule has 1 amide bonds. The zero-order chi connectivity index (χ0) is 24.2. The monoisotopic (exact) mass is 465 g/mol. The van der Waals surface area contributed by atoms with Crippen LogP contribution in [0.15, 0.2) is 85.1 Å². The Morgan fingerprint density at radius 2 is 1.71 bits per heavy atom. The molecule has 178 valence electrons. The van der Waals surface area contributed by atoms with Crippen molar-refractivity contribution in [2.24, 2.45) is 0 Å². The van der Waals surface area contributed by atoms with Gasteiger partial charge in [0.1, 0.15) is 0 Å². The Kier molecular flexibility index (Phi) is 6.73. The molecule has 1 fully saturated rings. The predicted octanol–water partition coefficient (Wildman–Crippen LogP) is 4.58. The van der Waals surface area contributed by atoms with Crippen LogP contribution in [-0.2, 0) is 0 Å². The van der Waals surface area contributed by atoms with E-state index in [1.165, 1.54) is 10.8 Å². The number of carbonyl (C=O) groups excluding carboxylic acids is 1. The van der Waals surface area contributed by atoms with E-state index in [2.05, 4.69) is 64.3 Å². The van der Waals surface area contributed by atoms with Crippen LogP contribution >= 0.6 is 0 Å². The maximum absolute atomic E-state index is 12.6. The summed E-state index contributed by atoms with van der Waals surface area (Å²) < 4.78 is 0. The highest BCUT2D eigenvalue weighted by Crippen LogP contribution is 2.25. The first-order chi connectivity index (χ1) is 17.1. The number of hydrogen-bond acceptors (Lipinski definition) is 5. The van der Waals surface area contributed by atoms with E-state index < -0.39 is 0 Å². The Morgan fingerprint density at radius 3 is 2.54 bits per heavy atom. The van der Waals surface area contributed by atoms with E-state index in [0.29, 0.717) is 12.6 Å². The van der Waals surface area contributed by atoms with Crippen molar-refractivity contribution in [2.75, 3.05) is 45.2 Å². The molecule has 6 nitrogen and oxygen atoms in total. The lowest BCUT2D eigenvalue weighted by Gasteiger charge is -2.27. The van der Waals surface area contributed by atoms with Gasteiger partial charge in [-0.25, -0.2) is 9.97 Å². The summed E-state index contributed by atoms with van der Waals surface area (Å²) in [5.74, 6) is 0.842. The van der Waals surface area contributed by atoms with Crippen molar-refractivity contribution in [3.8, 4) is 11.3 Å². The van der Waals surface area contributed by atoms with Crippen LogP contribution in [0.5, 0.6) is 0 Å². The molecule has 1 atom stereocenters. The van der Waals surface area contributed by atoms with E-state index in [1.54, 1.807) is 4.90 Å². The maximum Gasteiger partial charge on any atom is 0.253 e. The second-order valence-corrected chi connectivity index (χ2v) is 9.27. The molecule has 4 aromatic rings. The molecule has 3 aromatic carbocycles. The molecule has 1 saturated heterocycles. The quantitative estimate of drug-likeness (QED) is 0.400. The lowest BCUT2D eigenvalue weighted by Crippen LogP contribution is -2.40. The van der Waals surface area contributed by atoms with E-state index in [9.17, 15) is 4.79 Å². The molecule has 0 bridgehead atoms. The molecule has 0 saturated carbocycles. The van der Waals surface area contributed by atoms with Crippen LogP contribution in [0.1, 0.15) is 16.8 Å². The van der Waals surface area contributed by atoms with Crippen LogP contribution in [0, 0.1) is 0 Å². The Morgan fingerprint density at radius 1 is 0.943 bits per heavy atom. The van der Waals surface area contributed by atoms with Gasteiger partial charge in [-0.05, 0) is 48.5 Å². The molecular formula is C29H31N5O. The van der Waals surface area contributed by atoms with Gasteiger partial charge >= 0.3 is 0 Å². The number of likely N-dealkylation sites (N-methyl/N-ethyl adjacent to an activating group) is 2. The number of aromatic nitrogens is 2. The Labute approximate surface area is 206 Å². The highest BCUT2D eigenvalue weighted by molar-refractivity contribution is 5.94. The molecule has 2 heterocycles. The zero-order valence-corrected chi connectivity index (χ0v) is 20.3. The lowest BCUT2D eigenvalue weighted by molar-refractivity contribution is 0.0776. The molecule has 0 spiro atoms. The van der Waals surface area contributed by atoms with Crippen LogP contribution in [0.25, 0.3) is 22.0 Å². The zero-order valence-electron chi connectivity index (χ0n) is 20.3. The summed E-state index contributed by atoms with van der Waals surface area (Å²) in [6.45, 7) is 3.32. The number of anilines is 1. The van der Waals surface area contributed by atoms with Crippen LogP contribution in [0.2, 0.25) is 0 Å². The summed E-state index contributed by atoms with van der Waals surface area (Å²) in [4.78, 5) is 28.5. The maximum atomic E-state index is 12.6. The van der Waals surface area contributed by atoms with Gasteiger partial charge in [-0.1, -0.05) is 54.6 Å². The van der Waals surface area contributed by atoms with Crippen molar-refractivity contribution < 1.29 is 4.79 Å². The standard InChI is InChI=1S/C29H31N5O/c1-32(18-19-33(2)28(35)23-9-4-3-5-10-23)26-15-17-34(21-26)29-30-16-14-27(31-29)25-13-12-22-8-6-7-11-24(22)20-25/h3-14,16,20,26H,15,17-19,21H2,1-2H3. The van der Waals surface area contributed by atoms with Gasteiger partial charge in [-0.3, -0.25) is 9.69 Å². The number of fused-ring (bicyclic) bond motifs is 1. The van der Waals surface area contributed by atoms with Crippen LogP contribution in [0.4, 0.5) is 5.95 Å². The fraction of sp³-hybridized carbons (Fsp3) is 0.276. The molecule has 35 heavy (non-hydrogen) atoms. The highest BCUT2D eigenvalue weighted by Gasteiger charge is 2.27. The van der Waals surface area contributed by atoms with E-state index in [0.717, 1.165) is 48.8 Å². The van der Waals surface area contributed by atoms with Crippen molar-refractivity contribution in [3.63, 3.8) is 0 Å². The average Bonchev–Trinajstić information content (AvgIpc) is 3.42. The molecule has 5 rings (SSSR count). The molecule has 1 aliphatic heterocycles. The predicted molar refractivity (Wildman–Crippen MR) is 142 cm³/mol. The van der Waals surface area contributed by atoms with Gasteiger partial charge in [0.2, 0.25) is 5.95 Å². The van der Waals surface area contributed by atoms with E-state index in [1.807, 2.05) is 49.6 Å². The highest BCUT2D eigenvalue weighted by atomic mass is 16.2. The van der Waals surface area contributed by atoms with Crippen molar-refractivity contribution in [2.45, 2.75) is 12.5 Å². The van der Waals surface area contributed by atoms with Crippen LogP contribution in [-0.4, -0.2) is 72.0 Å². The number of rotatable bonds is 7. The molecule has 1 aliphatic rings. The average molecular weight is 466 g/mol. The van der Waals surface area contributed by atoms with Gasteiger partial charge in [0, 0.05) is 56.6 Å². The second kappa shape index (κ2) is 10.2. The number of nitrogens with zero attached hydrogens (tertiary/aromatic N) is 5. The van der Waals surface area contributed by atoms with Crippen LogP contribution < -0.4 is 4.90 Å². The largest absolute Gasteiger partial charge is 0.340 e. The molecular weight excluding hydrogens is 434 g/mol. The smallest absolute Gasteiger partial charge is 0.253 e. The number of benzene rings is 3. The summed E-state index contributed by atoms with van der Waals surface area (Å²) in [5.41, 5.74) is 2.78. The minimum Gasteiger partial charge on any atom is -0.340 e. The Balaban J connectivity index is 1.20. The first-order valence-electron chi connectivity index (χ1n) is 12.2. The minimum atomic E-state index is 0.0611. The van der Waals surface area contributed by atoms with Gasteiger partial charge in [0.05, 0.1) is 5.69 Å². The fourth-order valence-electron chi connectivity index (χ4n) is 4.69. The van der Waals surface area contributed by atoms with E-state index >= 15 is 0 Å². The third-order valence-corrected chi connectivity index (χ3v) is 6.91. The molecule has 1 aromatic heterocycles. The third-order valence-electron chi connectivity index (χ3n) is 6.91. The summed E-state index contributed by atoms with van der Waals surface area (Å²) in [6, 6.07) is 26.7. The third kappa shape index (κ3) is 5.17. The summed E-state index contributed by atoms with van der Waals surface area (Å²) >= 11 is 0. The van der Waals surface area contributed by atoms with Gasteiger partial charge in [0.25, 0.3) is 5.91 Å². The number of amides is 1. The van der Waals surface area contributed by atoms with Gasteiger partial charge in [0.15, 0.2) is 0 Å². The van der Waals surface area contributed by atoms with Crippen molar-refractivity contribution in [3.05, 3.63) is 90.6 Å². The Bertz CT molecular complexity index is 1310. The number of hydrogen-bond donors (Lipinski definition) is 0. The van der Waals surface area contributed by atoms with Gasteiger partial charge in [-0.15, -0.1) is 0 Å². The van der Waals surface area contributed by atoms with Crippen molar-refractivity contribution in [1.82, 2.24) is 19.8 Å². The molecule has 1 unspecified atom stereocenters. The SMILES string of the molecule is CN(CCN(C)C1CCN(c2nccc(-c3ccc4ccccc4c3)n2)C1)C(=O)c1ccccc1. The molecule has 0 N–H and O–H groups in total. The first-order valence-corrected chi connectivity index (χ1v) is 12.2. The number of carbonyl (C=O) groups is 1. The van der Waals surface area contributed by atoms with E-state index in [4.69, 9.17) is 4.98 Å². The van der Waals surface area contributed by atoms with Crippen molar-refractivity contribution in [1.29, 1.82) is 0 Å². The summed E-state index contributed by atoms with van der Waals surface area (Å²) in [7, 11) is 4.01. The van der Waals surface area contributed by atoms with E-state index in [-0.39, 0.29) is 5.91 Å². The topological polar surface area (TPSA) is 52.6 Å². The minimum absolute atomic E-state index is 0.0611. The summed E-state index contributed by atoms with van der Waals surface area (Å²) in [5, 5.41) is 2.44. The Hall–Kier alpha value is -3.77. The molecule has 0 radical (unpaired) electrons. The van der Waals surface area contributed by atoms with Crippen molar-refractivity contribution >= 4 is 22.6 Å². The first kappa shape index (κ1) is 23.0. The fourth-order valence-corrected chi connectivity index (χ4v) is 4.69. The normalized spacial score (nSPS) is 15.6. The molecule has 6 heteroatoms. The van der Waals surface area contributed by atoms with Gasteiger partial charge < -0.3 is 9.80 Å². The molecule has 0 aliphatic carbocycles. The summed E-state index contributed by atoms with van der Waals surface area (Å²) in [6.07, 6.45) is 2.91. The second-order valence-electron chi connectivity index (χ2n) is 9.27. The van der Waals surface area contributed by atoms with Gasteiger partial charge in [-0.2, -0.15) is 0 Å². The van der Waals surface area contributed by atoms with Crippen LogP contribution in [0.3, 0.4) is 0 Å².